The largest absolute Gasteiger partial charge is 0.337 e. The highest BCUT2D eigenvalue weighted by atomic mass is 32.2. The first kappa shape index (κ1) is 12.0. The number of hydrogen-bond donors (Lipinski definition) is 1. The van der Waals surface area contributed by atoms with E-state index in [4.69, 9.17) is 10.3 Å². The minimum absolute atomic E-state index is 0.229. The highest BCUT2D eigenvalue weighted by molar-refractivity contribution is 7.98. The van der Waals surface area contributed by atoms with Crippen LogP contribution in [0.25, 0.3) is 11.6 Å². The number of thioether (sulfide) groups is 1. The SMILES string of the molecule is CSCCC(N)c1nc(-c2ncccn2)no1. The van der Waals surface area contributed by atoms with E-state index in [9.17, 15) is 0 Å². The Morgan fingerprint density at radius 1 is 1.35 bits per heavy atom. The van der Waals surface area contributed by atoms with Crippen molar-refractivity contribution in [1.29, 1.82) is 0 Å². The molecule has 0 aromatic carbocycles. The Balaban J connectivity index is 2.11. The molecule has 2 aromatic heterocycles. The van der Waals surface area contributed by atoms with Crippen LogP contribution in [0.3, 0.4) is 0 Å². The average Bonchev–Trinajstić information content (AvgIpc) is 2.86. The first-order chi connectivity index (χ1) is 8.31. The van der Waals surface area contributed by atoms with E-state index in [0.717, 1.165) is 12.2 Å². The van der Waals surface area contributed by atoms with Crippen LogP contribution in [0.2, 0.25) is 0 Å². The van der Waals surface area contributed by atoms with Gasteiger partial charge in [-0.05, 0) is 24.5 Å². The molecule has 0 saturated heterocycles. The molecule has 0 bridgehead atoms. The highest BCUT2D eigenvalue weighted by Crippen LogP contribution is 2.17. The molecule has 6 nitrogen and oxygen atoms in total. The number of nitrogens with two attached hydrogens (primary N) is 1. The summed E-state index contributed by atoms with van der Waals surface area (Å²) in [5.41, 5.74) is 5.92. The summed E-state index contributed by atoms with van der Waals surface area (Å²) in [6.07, 6.45) is 6.10. The topological polar surface area (TPSA) is 90.7 Å². The number of nitrogens with zero attached hydrogens (tertiary/aromatic N) is 4. The maximum Gasteiger partial charge on any atom is 0.244 e. The molecule has 2 heterocycles. The van der Waals surface area contributed by atoms with Gasteiger partial charge in [-0.25, -0.2) is 9.97 Å². The summed E-state index contributed by atoms with van der Waals surface area (Å²) >= 11 is 1.73. The van der Waals surface area contributed by atoms with Crippen molar-refractivity contribution < 1.29 is 4.52 Å². The maximum atomic E-state index is 5.92. The fraction of sp³-hybridized carbons (Fsp3) is 0.400. The van der Waals surface area contributed by atoms with Crippen LogP contribution < -0.4 is 5.73 Å². The molecule has 0 fully saturated rings. The normalized spacial score (nSPS) is 12.6. The number of hydrogen-bond acceptors (Lipinski definition) is 7. The van der Waals surface area contributed by atoms with E-state index in [1.807, 2.05) is 6.26 Å². The van der Waals surface area contributed by atoms with Gasteiger partial charge in [0.2, 0.25) is 17.5 Å². The molecular formula is C10H13N5OS. The molecule has 0 amide bonds. The van der Waals surface area contributed by atoms with Crippen LogP contribution in [0.4, 0.5) is 0 Å². The van der Waals surface area contributed by atoms with E-state index in [-0.39, 0.29) is 6.04 Å². The van der Waals surface area contributed by atoms with E-state index in [2.05, 4.69) is 20.1 Å². The molecule has 1 unspecified atom stereocenters. The third-order valence-corrected chi connectivity index (χ3v) is 2.80. The first-order valence-electron chi connectivity index (χ1n) is 5.16. The summed E-state index contributed by atoms with van der Waals surface area (Å²) in [4.78, 5) is 12.3. The van der Waals surface area contributed by atoms with Crippen molar-refractivity contribution in [3.8, 4) is 11.6 Å². The summed E-state index contributed by atoms with van der Waals surface area (Å²) in [6, 6.07) is 1.50. The van der Waals surface area contributed by atoms with Gasteiger partial charge < -0.3 is 10.3 Å². The van der Waals surface area contributed by atoms with Crippen molar-refractivity contribution in [1.82, 2.24) is 20.1 Å². The average molecular weight is 251 g/mol. The summed E-state index contributed by atoms with van der Waals surface area (Å²) in [5.74, 6) is 2.21. The smallest absolute Gasteiger partial charge is 0.244 e. The van der Waals surface area contributed by atoms with Gasteiger partial charge in [-0.1, -0.05) is 5.16 Å². The molecule has 0 aliphatic heterocycles. The predicted octanol–water partition coefficient (Wildman–Crippen LogP) is 1.28. The molecule has 2 N–H and O–H groups in total. The van der Waals surface area contributed by atoms with E-state index < -0.39 is 0 Å². The van der Waals surface area contributed by atoms with Crippen LogP contribution in [-0.4, -0.2) is 32.1 Å². The molecule has 17 heavy (non-hydrogen) atoms. The van der Waals surface area contributed by atoms with Crippen molar-refractivity contribution in [2.75, 3.05) is 12.0 Å². The number of rotatable bonds is 5. The molecule has 0 aliphatic rings. The van der Waals surface area contributed by atoms with E-state index >= 15 is 0 Å². The van der Waals surface area contributed by atoms with Gasteiger partial charge >= 0.3 is 0 Å². The third kappa shape index (κ3) is 3.01. The Labute approximate surface area is 103 Å². The number of aromatic nitrogens is 4. The van der Waals surface area contributed by atoms with E-state index in [1.165, 1.54) is 0 Å². The lowest BCUT2D eigenvalue weighted by atomic mass is 10.2. The zero-order chi connectivity index (χ0) is 12.1. The molecule has 0 spiro atoms. The van der Waals surface area contributed by atoms with Gasteiger partial charge in [0.15, 0.2) is 0 Å². The molecule has 0 aliphatic carbocycles. The quantitative estimate of drug-likeness (QED) is 0.855. The van der Waals surface area contributed by atoms with E-state index in [1.54, 1.807) is 30.2 Å². The fourth-order valence-corrected chi connectivity index (χ4v) is 1.75. The lowest BCUT2D eigenvalue weighted by Crippen LogP contribution is -2.11. The Morgan fingerprint density at radius 2 is 2.12 bits per heavy atom. The zero-order valence-corrected chi connectivity index (χ0v) is 10.2. The van der Waals surface area contributed by atoms with Crippen molar-refractivity contribution >= 4 is 11.8 Å². The molecule has 7 heteroatoms. The fourth-order valence-electron chi connectivity index (χ4n) is 1.26. The predicted molar refractivity (Wildman–Crippen MR) is 65.3 cm³/mol. The Morgan fingerprint density at radius 3 is 2.82 bits per heavy atom. The summed E-state index contributed by atoms with van der Waals surface area (Å²) in [7, 11) is 0. The Bertz CT molecular complexity index is 461. The van der Waals surface area contributed by atoms with Crippen molar-refractivity contribution in [2.24, 2.45) is 5.73 Å². The van der Waals surface area contributed by atoms with Crippen LogP contribution in [0.5, 0.6) is 0 Å². The second-order valence-corrected chi connectivity index (χ2v) is 4.40. The molecule has 0 radical (unpaired) electrons. The van der Waals surface area contributed by atoms with Crippen LogP contribution in [0.15, 0.2) is 23.0 Å². The highest BCUT2D eigenvalue weighted by Gasteiger charge is 2.16. The van der Waals surface area contributed by atoms with Gasteiger partial charge in [-0.2, -0.15) is 16.7 Å². The van der Waals surface area contributed by atoms with E-state index in [0.29, 0.717) is 17.5 Å². The molecule has 0 saturated carbocycles. The van der Waals surface area contributed by atoms with Crippen LogP contribution in [-0.2, 0) is 0 Å². The second kappa shape index (κ2) is 5.74. The van der Waals surface area contributed by atoms with Gasteiger partial charge in [0.25, 0.3) is 0 Å². The molecule has 90 valence electrons. The summed E-state index contributed by atoms with van der Waals surface area (Å²) in [6.45, 7) is 0. The Hall–Kier alpha value is -1.47. The van der Waals surface area contributed by atoms with Gasteiger partial charge in [0.05, 0.1) is 6.04 Å². The van der Waals surface area contributed by atoms with Crippen molar-refractivity contribution in [3.63, 3.8) is 0 Å². The van der Waals surface area contributed by atoms with Crippen LogP contribution in [0, 0.1) is 0 Å². The monoisotopic (exact) mass is 251 g/mol. The summed E-state index contributed by atoms with van der Waals surface area (Å²) in [5, 5.41) is 3.82. The summed E-state index contributed by atoms with van der Waals surface area (Å²) < 4.78 is 5.10. The van der Waals surface area contributed by atoms with Crippen LogP contribution >= 0.6 is 11.8 Å². The first-order valence-corrected chi connectivity index (χ1v) is 6.56. The minimum atomic E-state index is -0.229. The van der Waals surface area contributed by atoms with Gasteiger partial charge in [-0.15, -0.1) is 0 Å². The zero-order valence-electron chi connectivity index (χ0n) is 9.41. The Kier molecular flexibility index (Phi) is 4.05. The lowest BCUT2D eigenvalue weighted by Gasteiger charge is -2.03. The third-order valence-electron chi connectivity index (χ3n) is 2.16. The van der Waals surface area contributed by atoms with Gasteiger partial charge in [0.1, 0.15) is 0 Å². The molecular weight excluding hydrogens is 238 g/mol. The molecule has 1 atom stereocenters. The van der Waals surface area contributed by atoms with Crippen LogP contribution in [0.1, 0.15) is 18.4 Å². The molecule has 2 aromatic rings. The maximum absolute atomic E-state index is 5.92. The second-order valence-electron chi connectivity index (χ2n) is 3.42. The standard InChI is InChI=1S/C10H13N5OS/c1-17-6-3-7(11)10-14-9(15-16-10)8-12-4-2-5-13-8/h2,4-5,7H,3,6,11H2,1H3. The van der Waals surface area contributed by atoms with Gasteiger partial charge in [-0.3, -0.25) is 0 Å². The minimum Gasteiger partial charge on any atom is -0.337 e. The van der Waals surface area contributed by atoms with Crippen molar-refractivity contribution in [3.05, 3.63) is 24.4 Å². The van der Waals surface area contributed by atoms with Gasteiger partial charge in [0, 0.05) is 12.4 Å². The lowest BCUT2D eigenvalue weighted by molar-refractivity contribution is 0.353. The van der Waals surface area contributed by atoms with Crippen molar-refractivity contribution in [2.45, 2.75) is 12.5 Å². The molecule has 2 rings (SSSR count).